The van der Waals surface area contributed by atoms with Gasteiger partial charge in [0, 0.05) is 29.7 Å². The molecule has 2 amide bonds. The molecule has 2 aromatic rings. The van der Waals surface area contributed by atoms with E-state index in [0.717, 1.165) is 11.3 Å². The average molecular weight is 315 g/mol. The van der Waals surface area contributed by atoms with Crippen LogP contribution in [0.4, 0.5) is 11.4 Å². The Kier molecular flexibility index (Phi) is 3.86. The van der Waals surface area contributed by atoms with Crippen molar-refractivity contribution in [2.75, 3.05) is 10.2 Å². The number of nitrogens with one attached hydrogen (secondary N) is 1. The smallest absolute Gasteiger partial charge is 0.247 e. The van der Waals surface area contributed by atoms with Gasteiger partial charge in [-0.1, -0.05) is 35.9 Å². The van der Waals surface area contributed by atoms with Gasteiger partial charge in [-0.15, -0.1) is 0 Å². The van der Waals surface area contributed by atoms with Crippen LogP contribution in [-0.4, -0.2) is 17.9 Å². The quantitative estimate of drug-likeness (QED) is 0.925. The molecular formula is C17H15ClN2O2. The Labute approximate surface area is 133 Å². The summed E-state index contributed by atoms with van der Waals surface area (Å²) in [6, 6.07) is 14.0. The van der Waals surface area contributed by atoms with Crippen molar-refractivity contribution in [3.8, 4) is 0 Å². The van der Waals surface area contributed by atoms with E-state index >= 15 is 0 Å². The van der Waals surface area contributed by atoms with Gasteiger partial charge in [0.2, 0.25) is 11.8 Å². The molecule has 0 saturated heterocycles. The molecule has 5 heteroatoms. The van der Waals surface area contributed by atoms with Crippen LogP contribution < -0.4 is 10.2 Å². The molecule has 0 bridgehead atoms. The number of halogens is 1. The zero-order valence-corrected chi connectivity index (χ0v) is 12.8. The number of carbonyl (C=O) groups excluding carboxylic acids is 2. The van der Waals surface area contributed by atoms with E-state index in [9.17, 15) is 9.59 Å². The predicted octanol–water partition coefficient (Wildman–Crippen LogP) is 3.26. The maximum Gasteiger partial charge on any atom is 0.247 e. The third-order valence-electron chi connectivity index (χ3n) is 3.71. The van der Waals surface area contributed by atoms with Crippen LogP contribution in [0.1, 0.15) is 12.5 Å². The Hall–Kier alpha value is -2.33. The van der Waals surface area contributed by atoms with E-state index in [4.69, 9.17) is 11.6 Å². The molecule has 4 nitrogen and oxygen atoms in total. The lowest BCUT2D eigenvalue weighted by atomic mass is 10.1. The maximum atomic E-state index is 12.6. The minimum atomic E-state index is -0.533. The lowest BCUT2D eigenvalue weighted by Gasteiger charge is -2.23. The molecule has 0 spiro atoms. The molecule has 1 atom stereocenters. The number of fused-ring (bicyclic) bond motifs is 1. The van der Waals surface area contributed by atoms with Crippen LogP contribution in [0, 0.1) is 0 Å². The molecule has 112 valence electrons. The molecule has 0 fully saturated rings. The van der Waals surface area contributed by atoms with Crippen LogP contribution in [0.25, 0.3) is 0 Å². The van der Waals surface area contributed by atoms with Crippen LogP contribution in [0.3, 0.4) is 0 Å². The monoisotopic (exact) mass is 314 g/mol. The molecule has 0 aromatic heterocycles. The number of hydrogen-bond donors (Lipinski definition) is 1. The van der Waals surface area contributed by atoms with Gasteiger partial charge in [-0.2, -0.15) is 0 Å². The number of hydrogen-bond acceptors (Lipinski definition) is 2. The highest BCUT2D eigenvalue weighted by atomic mass is 35.5. The van der Waals surface area contributed by atoms with E-state index in [1.807, 2.05) is 24.3 Å². The zero-order valence-electron chi connectivity index (χ0n) is 12.0. The van der Waals surface area contributed by atoms with Crippen molar-refractivity contribution in [3.05, 3.63) is 59.1 Å². The summed E-state index contributed by atoms with van der Waals surface area (Å²) in [5.41, 5.74) is 2.43. The zero-order chi connectivity index (χ0) is 15.7. The van der Waals surface area contributed by atoms with E-state index in [2.05, 4.69) is 5.32 Å². The van der Waals surface area contributed by atoms with E-state index in [1.165, 1.54) is 6.92 Å². The summed E-state index contributed by atoms with van der Waals surface area (Å²) in [5, 5.41) is 3.38. The van der Waals surface area contributed by atoms with Gasteiger partial charge in [0.15, 0.2) is 0 Å². The number of nitrogens with zero attached hydrogens (tertiary/aromatic N) is 1. The molecule has 1 N–H and O–H groups in total. The highest BCUT2D eigenvalue weighted by molar-refractivity contribution is 6.30. The van der Waals surface area contributed by atoms with Gasteiger partial charge >= 0.3 is 0 Å². The number of benzene rings is 2. The van der Waals surface area contributed by atoms with Gasteiger partial charge in [0.1, 0.15) is 6.04 Å². The second-order valence-corrected chi connectivity index (χ2v) is 5.67. The highest BCUT2D eigenvalue weighted by Crippen LogP contribution is 2.32. The summed E-state index contributed by atoms with van der Waals surface area (Å²) < 4.78 is 0. The first-order valence-electron chi connectivity index (χ1n) is 7.00. The van der Waals surface area contributed by atoms with Crippen molar-refractivity contribution in [2.24, 2.45) is 0 Å². The van der Waals surface area contributed by atoms with Crippen molar-refractivity contribution in [3.63, 3.8) is 0 Å². The van der Waals surface area contributed by atoms with Crippen molar-refractivity contribution in [1.82, 2.24) is 0 Å². The first kappa shape index (κ1) is 14.6. The fraction of sp³-hybridized carbons (Fsp3) is 0.176. The third-order valence-corrected chi connectivity index (χ3v) is 3.95. The first-order valence-corrected chi connectivity index (χ1v) is 7.38. The Morgan fingerprint density at radius 3 is 2.68 bits per heavy atom. The van der Waals surface area contributed by atoms with Gasteiger partial charge in [-0.05, 0) is 29.8 Å². The van der Waals surface area contributed by atoms with Gasteiger partial charge in [0.05, 0.1) is 0 Å². The van der Waals surface area contributed by atoms with E-state index in [1.54, 1.807) is 29.2 Å². The Balaban J connectivity index is 1.85. The number of rotatable bonds is 2. The summed E-state index contributed by atoms with van der Waals surface area (Å²) in [5.74, 6) is -0.357. The number of para-hydroxylation sites is 1. The SMILES string of the molecule is CC(=O)N1c2ccccc2C[C@H]1C(=O)Nc1cccc(Cl)c1. The second-order valence-electron chi connectivity index (χ2n) is 5.24. The fourth-order valence-corrected chi connectivity index (χ4v) is 2.97. The molecule has 0 aliphatic carbocycles. The Morgan fingerprint density at radius 1 is 1.18 bits per heavy atom. The van der Waals surface area contributed by atoms with Crippen LogP contribution >= 0.6 is 11.6 Å². The van der Waals surface area contributed by atoms with E-state index in [-0.39, 0.29) is 11.8 Å². The molecule has 0 radical (unpaired) electrons. The van der Waals surface area contributed by atoms with Crippen molar-refractivity contribution >= 4 is 34.8 Å². The lowest BCUT2D eigenvalue weighted by molar-refractivity contribution is -0.122. The number of carbonyl (C=O) groups is 2. The standard InChI is InChI=1S/C17H15ClN2O2/c1-11(21)20-15-8-3-2-5-12(15)9-16(20)17(22)19-14-7-4-6-13(18)10-14/h2-8,10,16H,9H2,1H3,(H,19,22)/t16-/m0/s1. The molecule has 3 rings (SSSR count). The first-order chi connectivity index (χ1) is 10.6. The summed E-state index contributed by atoms with van der Waals surface area (Å²) in [4.78, 5) is 26.1. The van der Waals surface area contributed by atoms with Crippen molar-refractivity contribution < 1.29 is 9.59 Å². The van der Waals surface area contributed by atoms with Crippen LogP contribution in [-0.2, 0) is 16.0 Å². The Morgan fingerprint density at radius 2 is 1.95 bits per heavy atom. The second kappa shape index (κ2) is 5.81. The third kappa shape index (κ3) is 2.70. The molecule has 1 aliphatic heterocycles. The van der Waals surface area contributed by atoms with Gasteiger partial charge in [-0.3, -0.25) is 14.5 Å². The van der Waals surface area contributed by atoms with Crippen molar-refractivity contribution in [2.45, 2.75) is 19.4 Å². The average Bonchev–Trinajstić information content (AvgIpc) is 2.87. The molecule has 1 heterocycles. The molecule has 1 aliphatic rings. The number of amides is 2. The van der Waals surface area contributed by atoms with E-state index < -0.39 is 6.04 Å². The summed E-state index contributed by atoms with van der Waals surface area (Å²) in [7, 11) is 0. The van der Waals surface area contributed by atoms with Gasteiger partial charge in [-0.25, -0.2) is 0 Å². The molecule has 0 unspecified atom stereocenters. The minimum Gasteiger partial charge on any atom is -0.324 e. The molecule has 22 heavy (non-hydrogen) atoms. The molecule has 2 aromatic carbocycles. The summed E-state index contributed by atoms with van der Waals surface area (Å²) in [6.07, 6.45) is 0.516. The van der Waals surface area contributed by atoms with Gasteiger partial charge < -0.3 is 5.32 Å². The maximum absolute atomic E-state index is 12.6. The summed E-state index contributed by atoms with van der Waals surface area (Å²) in [6.45, 7) is 1.47. The topological polar surface area (TPSA) is 49.4 Å². The van der Waals surface area contributed by atoms with Crippen LogP contribution in [0.2, 0.25) is 5.02 Å². The Bertz CT molecular complexity index is 745. The normalized spacial score (nSPS) is 16.3. The van der Waals surface area contributed by atoms with Crippen LogP contribution in [0.15, 0.2) is 48.5 Å². The van der Waals surface area contributed by atoms with E-state index in [0.29, 0.717) is 17.1 Å². The minimum absolute atomic E-state index is 0.142. The predicted molar refractivity (Wildman–Crippen MR) is 87.2 cm³/mol. The largest absolute Gasteiger partial charge is 0.324 e. The molecule has 0 saturated carbocycles. The lowest BCUT2D eigenvalue weighted by Crippen LogP contribution is -2.44. The fourth-order valence-electron chi connectivity index (χ4n) is 2.78. The number of anilines is 2. The van der Waals surface area contributed by atoms with Gasteiger partial charge in [0.25, 0.3) is 0 Å². The van der Waals surface area contributed by atoms with Crippen molar-refractivity contribution in [1.29, 1.82) is 0 Å². The summed E-state index contributed by atoms with van der Waals surface area (Å²) >= 11 is 5.92. The van der Waals surface area contributed by atoms with Crippen LogP contribution in [0.5, 0.6) is 0 Å². The highest BCUT2D eigenvalue weighted by Gasteiger charge is 2.36. The molecular weight excluding hydrogens is 300 g/mol.